The molecule has 0 spiro atoms. The first-order chi connectivity index (χ1) is 15.1. The Morgan fingerprint density at radius 2 is 1.81 bits per heavy atom. The van der Waals surface area contributed by atoms with E-state index in [2.05, 4.69) is 46.3 Å². The van der Waals surface area contributed by atoms with Crippen LogP contribution in [0.15, 0.2) is 65.6 Å². The number of halogens is 1. The summed E-state index contributed by atoms with van der Waals surface area (Å²) in [5, 5.41) is 0.843. The number of piperidine rings is 1. The predicted octanol–water partition coefficient (Wildman–Crippen LogP) is 5.12. The molecule has 3 aliphatic rings. The lowest BCUT2D eigenvalue weighted by atomic mass is 9.74. The van der Waals surface area contributed by atoms with Gasteiger partial charge in [-0.25, -0.2) is 0 Å². The molecule has 2 atom stereocenters. The molecule has 1 aromatic heterocycles. The molecule has 0 amide bonds. The summed E-state index contributed by atoms with van der Waals surface area (Å²) in [5.41, 5.74) is 6.99. The molecule has 158 valence electrons. The van der Waals surface area contributed by atoms with Crippen molar-refractivity contribution in [2.24, 2.45) is 5.92 Å². The number of hydrogen-bond donors (Lipinski definition) is 1. The van der Waals surface area contributed by atoms with Crippen LogP contribution >= 0.6 is 11.6 Å². The minimum atomic E-state index is 0.0604. The zero-order valence-corrected chi connectivity index (χ0v) is 18.4. The lowest BCUT2D eigenvalue weighted by Crippen LogP contribution is -2.44. The summed E-state index contributed by atoms with van der Waals surface area (Å²) in [6.07, 6.45) is 6.07. The van der Waals surface area contributed by atoms with Crippen molar-refractivity contribution in [1.82, 2.24) is 9.88 Å². The number of rotatable bonds is 4. The fourth-order valence-electron chi connectivity index (χ4n) is 6.48. The third-order valence-corrected chi connectivity index (χ3v) is 8.15. The van der Waals surface area contributed by atoms with Gasteiger partial charge in [0.15, 0.2) is 0 Å². The number of likely N-dealkylation sites (tertiary alicyclic amines) is 1. The van der Waals surface area contributed by atoms with Gasteiger partial charge < -0.3 is 9.88 Å². The lowest BCUT2D eigenvalue weighted by Gasteiger charge is -2.40. The van der Waals surface area contributed by atoms with Crippen molar-refractivity contribution in [3.05, 3.63) is 104 Å². The molecule has 31 heavy (non-hydrogen) atoms. The molecule has 0 radical (unpaired) electrons. The van der Waals surface area contributed by atoms with Crippen LogP contribution in [0.4, 0.5) is 0 Å². The first-order valence-corrected chi connectivity index (χ1v) is 11.8. The summed E-state index contributed by atoms with van der Waals surface area (Å²) in [4.78, 5) is 17.5. The molecule has 0 unspecified atom stereocenters. The number of nitrogens with zero attached hydrogens (tertiary/aromatic N) is 1. The maximum Gasteiger partial charge on any atom is 0.251 e. The van der Waals surface area contributed by atoms with E-state index in [0.717, 1.165) is 49.5 Å². The number of pyridine rings is 1. The Labute approximate surface area is 188 Å². The van der Waals surface area contributed by atoms with Gasteiger partial charge in [-0.15, -0.1) is 0 Å². The first-order valence-electron chi connectivity index (χ1n) is 11.4. The number of aromatic nitrogens is 1. The number of H-pyrrole nitrogens is 1. The fraction of sp³-hybridized carbons (Fsp3) is 0.370. The molecule has 1 N–H and O–H groups in total. The zero-order valence-electron chi connectivity index (χ0n) is 17.6. The summed E-state index contributed by atoms with van der Waals surface area (Å²) in [6, 6.07) is 19.5. The second-order valence-electron chi connectivity index (χ2n) is 9.61. The minimum Gasteiger partial charge on any atom is -0.329 e. The van der Waals surface area contributed by atoms with E-state index < -0.39 is 0 Å². The van der Waals surface area contributed by atoms with Crippen molar-refractivity contribution in [2.45, 2.75) is 37.0 Å². The Hall–Kier alpha value is -2.36. The molecule has 2 bridgehead atoms. The van der Waals surface area contributed by atoms with Crippen molar-refractivity contribution in [2.75, 3.05) is 19.6 Å². The Morgan fingerprint density at radius 1 is 1.00 bits per heavy atom. The molecule has 2 aliphatic carbocycles. The van der Waals surface area contributed by atoms with Crippen LogP contribution in [0.1, 0.15) is 53.0 Å². The van der Waals surface area contributed by atoms with Crippen molar-refractivity contribution < 1.29 is 0 Å². The Balaban J connectivity index is 1.24. The SMILES string of the molecule is O=c1[nH]cccc1CC1CCN(C[C@@]23C[C@@H](c4ccccc42)c2ccc(Cl)cc23)CC1. The average Bonchev–Trinajstić information content (AvgIpc) is 3.28. The second-order valence-corrected chi connectivity index (χ2v) is 10.0. The highest BCUT2D eigenvalue weighted by Gasteiger charge is 2.53. The van der Waals surface area contributed by atoms with E-state index in [1.165, 1.54) is 28.7 Å². The topological polar surface area (TPSA) is 36.1 Å². The van der Waals surface area contributed by atoms with Crippen LogP contribution in [0.2, 0.25) is 5.02 Å². The zero-order chi connectivity index (χ0) is 21.0. The Bertz CT molecular complexity index is 1190. The molecule has 6 rings (SSSR count). The van der Waals surface area contributed by atoms with Crippen LogP contribution in [-0.2, 0) is 11.8 Å². The first kappa shape index (κ1) is 19.3. The molecule has 2 heterocycles. The highest BCUT2D eigenvalue weighted by molar-refractivity contribution is 6.30. The molecule has 4 heteroatoms. The van der Waals surface area contributed by atoms with Gasteiger partial charge in [0.05, 0.1) is 0 Å². The van der Waals surface area contributed by atoms with Gasteiger partial charge in [-0.3, -0.25) is 4.79 Å². The van der Waals surface area contributed by atoms with Crippen LogP contribution in [0.25, 0.3) is 0 Å². The van der Waals surface area contributed by atoms with Crippen LogP contribution < -0.4 is 5.56 Å². The monoisotopic (exact) mass is 430 g/mol. The van der Waals surface area contributed by atoms with E-state index in [-0.39, 0.29) is 11.0 Å². The summed E-state index contributed by atoms with van der Waals surface area (Å²) in [5.74, 6) is 1.09. The van der Waals surface area contributed by atoms with Gasteiger partial charge in [0.25, 0.3) is 5.56 Å². The lowest BCUT2D eigenvalue weighted by molar-refractivity contribution is 0.158. The van der Waals surface area contributed by atoms with Crippen molar-refractivity contribution >= 4 is 11.6 Å². The van der Waals surface area contributed by atoms with Gasteiger partial charge >= 0.3 is 0 Å². The van der Waals surface area contributed by atoms with Gasteiger partial charge in [0.2, 0.25) is 0 Å². The third kappa shape index (κ3) is 3.09. The number of benzene rings is 2. The largest absolute Gasteiger partial charge is 0.329 e. The van der Waals surface area contributed by atoms with E-state index in [9.17, 15) is 4.79 Å². The van der Waals surface area contributed by atoms with Crippen molar-refractivity contribution in [3.8, 4) is 0 Å². The molecule has 1 aliphatic heterocycles. The second kappa shape index (κ2) is 7.36. The van der Waals surface area contributed by atoms with Crippen molar-refractivity contribution in [3.63, 3.8) is 0 Å². The summed E-state index contributed by atoms with van der Waals surface area (Å²) in [7, 11) is 0. The van der Waals surface area contributed by atoms with E-state index in [1.54, 1.807) is 6.20 Å². The van der Waals surface area contributed by atoms with E-state index in [1.807, 2.05) is 18.2 Å². The summed E-state index contributed by atoms with van der Waals surface area (Å²) < 4.78 is 0. The smallest absolute Gasteiger partial charge is 0.251 e. The van der Waals surface area contributed by atoms with Gasteiger partial charge in [0.1, 0.15) is 0 Å². The number of nitrogens with one attached hydrogen (secondary N) is 1. The van der Waals surface area contributed by atoms with Crippen LogP contribution in [-0.4, -0.2) is 29.5 Å². The Kier molecular flexibility index (Phi) is 4.59. The molecule has 2 aromatic carbocycles. The van der Waals surface area contributed by atoms with E-state index in [0.29, 0.717) is 11.8 Å². The van der Waals surface area contributed by atoms with Gasteiger partial charge in [-0.1, -0.05) is 48.0 Å². The number of aromatic amines is 1. The number of fused-ring (bicyclic) bond motifs is 8. The van der Waals surface area contributed by atoms with Crippen molar-refractivity contribution in [1.29, 1.82) is 0 Å². The minimum absolute atomic E-state index is 0.0604. The van der Waals surface area contributed by atoms with Gasteiger partial charge in [-0.05, 0) is 85.1 Å². The standard InChI is InChI=1S/C27H27ClN2O/c28-20-7-8-22-23-16-27(25(22)15-20,24-6-2-1-5-21(23)24)17-30-12-9-18(10-13-30)14-19-4-3-11-29-26(19)31/h1-8,11,15,18,23H,9-10,12-14,16-17H2,(H,29,31)/t23-,27-/m0/s1. The summed E-state index contributed by atoms with van der Waals surface area (Å²) in [6.45, 7) is 3.26. The quantitative estimate of drug-likeness (QED) is 0.623. The Morgan fingerprint density at radius 3 is 2.65 bits per heavy atom. The molecular weight excluding hydrogens is 404 g/mol. The van der Waals surface area contributed by atoms with Crippen LogP contribution in [0, 0.1) is 5.92 Å². The predicted molar refractivity (Wildman–Crippen MR) is 125 cm³/mol. The molecule has 0 saturated carbocycles. The highest BCUT2D eigenvalue weighted by atomic mass is 35.5. The maximum absolute atomic E-state index is 12.1. The maximum atomic E-state index is 12.1. The normalized spacial score (nSPS) is 24.9. The average molecular weight is 431 g/mol. The molecule has 1 saturated heterocycles. The van der Waals surface area contributed by atoms with E-state index >= 15 is 0 Å². The summed E-state index contributed by atoms with van der Waals surface area (Å²) >= 11 is 6.46. The molecular formula is C27H27ClN2O. The third-order valence-electron chi connectivity index (χ3n) is 7.92. The van der Waals surface area contributed by atoms with Gasteiger partial charge in [-0.2, -0.15) is 0 Å². The fourth-order valence-corrected chi connectivity index (χ4v) is 6.65. The molecule has 1 fully saturated rings. The van der Waals surface area contributed by atoms with Gasteiger partial charge in [0, 0.05) is 34.7 Å². The molecule has 3 aromatic rings. The number of hydrogen-bond acceptors (Lipinski definition) is 2. The highest BCUT2D eigenvalue weighted by Crippen LogP contribution is 2.60. The molecule has 3 nitrogen and oxygen atoms in total. The van der Waals surface area contributed by atoms with Crippen LogP contribution in [0.5, 0.6) is 0 Å². The van der Waals surface area contributed by atoms with Crippen LogP contribution in [0.3, 0.4) is 0 Å². The van der Waals surface area contributed by atoms with E-state index in [4.69, 9.17) is 11.6 Å².